The molecule has 5 heteroatoms. The summed E-state index contributed by atoms with van der Waals surface area (Å²) >= 11 is 0. The van der Waals surface area contributed by atoms with Crippen LogP contribution in [0.5, 0.6) is 0 Å². The van der Waals surface area contributed by atoms with E-state index in [2.05, 4.69) is 5.32 Å². The Hall–Kier alpha value is -1.13. The van der Waals surface area contributed by atoms with Crippen LogP contribution in [0.3, 0.4) is 0 Å². The predicted octanol–water partition coefficient (Wildman–Crippen LogP) is 3.30. The topological polar surface area (TPSA) is 55.1 Å². The monoisotopic (exact) mass is 328 g/mol. The second-order valence-corrected chi connectivity index (χ2v) is 5.90. The Morgan fingerprint density at radius 3 is 2.59 bits per heavy atom. The van der Waals surface area contributed by atoms with Gasteiger partial charge < -0.3 is 11.1 Å². The number of nitrogens with two attached hydrogens (primary N) is 1. The lowest BCUT2D eigenvalue weighted by atomic mass is 9.68. The largest absolute Gasteiger partial charge is 0.355 e. The zero-order valence-electron chi connectivity index (χ0n) is 12.9. The number of unbranched alkanes of at least 4 members (excludes halogenated alkanes) is 1. The summed E-state index contributed by atoms with van der Waals surface area (Å²) in [6.45, 7) is 1.29. The fourth-order valence-corrected chi connectivity index (χ4v) is 3.23. The zero-order valence-corrected chi connectivity index (χ0v) is 13.8. The summed E-state index contributed by atoms with van der Waals surface area (Å²) in [4.78, 5) is 12.7. The van der Waals surface area contributed by atoms with Gasteiger partial charge in [0.15, 0.2) is 0 Å². The molecule has 1 aliphatic carbocycles. The number of carbonyl (C=O) groups excluding carboxylic acids is 1. The highest BCUT2D eigenvalue weighted by molar-refractivity contribution is 5.88. The van der Waals surface area contributed by atoms with Crippen molar-refractivity contribution in [2.45, 2.75) is 50.4 Å². The highest BCUT2D eigenvalue weighted by Gasteiger charge is 2.40. The van der Waals surface area contributed by atoms with Gasteiger partial charge in [0.25, 0.3) is 0 Å². The van der Waals surface area contributed by atoms with Gasteiger partial charge in [-0.05, 0) is 49.9 Å². The Morgan fingerprint density at radius 1 is 1.23 bits per heavy atom. The van der Waals surface area contributed by atoms with Crippen molar-refractivity contribution in [3.05, 3.63) is 35.6 Å². The van der Waals surface area contributed by atoms with Crippen LogP contribution < -0.4 is 11.1 Å². The summed E-state index contributed by atoms with van der Waals surface area (Å²) in [5.41, 5.74) is 5.73. The molecule has 1 fully saturated rings. The lowest BCUT2D eigenvalue weighted by molar-refractivity contribution is -0.128. The van der Waals surface area contributed by atoms with Crippen molar-refractivity contribution < 1.29 is 9.18 Å². The molecule has 0 unspecified atom stereocenters. The van der Waals surface area contributed by atoms with Gasteiger partial charge in [0.05, 0.1) is 5.41 Å². The van der Waals surface area contributed by atoms with E-state index in [-0.39, 0.29) is 24.1 Å². The Labute approximate surface area is 138 Å². The zero-order chi connectivity index (χ0) is 15.1. The molecule has 0 atom stereocenters. The maximum Gasteiger partial charge on any atom is 0.230 e. The number of carbonyl (C=O) groups is 1. The average Bonchev–Trinajstić information content (AvgIpc) is 2.52. The molecule has 1 aromatic rings. The Balaban J connectivity index is 0.00000242. The molecule has 2 rings (SSSR count). The molecule has 0 spiro atoms. The van der Waals surface area contributed by atoms with Crippen molar-refractivity contribution in [2.75, 3.05) is 13.1 Å². The van der Waals surface area contributed by atoms with Crippen LogP contribution in [0.15, 0.2) is 24.3 Å². The van der Waals surface area contributed by atoms with Gasteiger partial charge in [0.2, 0.25) is 5.91 Å². The highest BCUT2D eigenvalue weighted by Crippen LogP contribution is 2.39. The van der Waals surface area contributed by atoms with E-state index in [4.69, 9.17) is 5.73 Å². The lowest BCUT2D eigenvalue weighted by Crippen LogP contribution is -2.46. The van der Waals surface area contributed by atoms with Gasteiger partial charge in [-0.15, -0.1) is 12.4 Å². The van der Waals surface area contributed by atoms with Crippen LogP contribution in [-0.2, 0) is 10.2 Å². The second kappa shape index (κ2) is 9.11. The molecule has 0 heterocycles. The third kappa shape index (κ3) is 4.43. The summed E-state index contributed by atoms with van der Waals surface area (Å²) < 4.78 is 13.6. The molecule has 0 aliphatic heterocycles. The van der Waals surface area contributed by atoms with Gasteiger partial charge in [0.1, 0.15) is 5.82 Å². The van der Waals surface area contributed by atoms with Crippen molar-refractivity contribution in [2.24, 2.45) is 5.73 Å². The van der Waals surface area contributed by atoms with E-state index in [1.54, 1.807) is 6.07 Å². The first-order valence-electron chi connectivity index (χ1n) is 7.93. The maximum absolute atomic E-state index is 13.6. The lowest BCUT2D eigenvalue weighted by Gasteiger charge is -2.36. The normalized spacial score (nSPS) is 16.6. The SMILES string of the molecule is Cl.NCCCCNC(=O)C1(c2cccc(F)c2)CCCCC1. The van der Waals surface area contributed by atoms with E-state index < -0.39 is 5.41 Å². The number of halogens is 2. The van der Waals surface area contributed by atoms with Crippen molar-refractivity contribution in [3.63, 3.8) is 0 Å². The molecule has 22 heavy (non-hydrogen) atoms. The number of hydrogen-bond acceptors (Lipinski definition) is 2. The molecular formula is C17H26ClFN2O. The average molecular weight is 329 g/mol. The van der Waals surface area contributed by atoms with Crippen LogP contribution in [0.2, 0.25) is 0 Å². The van der Waals surface area contributed by atoms with Gasteiger partial charge in [-0.2, -0.15) is 0 Å². The number of nitrogens with one attached hydrogen (secondary N) is 1. The van der Waals surface area contributed by atoms with Gasteiger partial charge >= 0.3 is 0 Å². The van der Waals surface area contributed by atoms with Gasteiger partial charge in [0, 0.05) is 6.54 Å². The molecule has 0 aromatic heterocycles. The quantitative estimate of drug-likeness (QED) is 0.787. The minimum Gasteiger partial charge on any atom is -0.355 e. The van der Waals surface area contributed by atoms with Crippen molar-refractivity contribution in [1.82, 2.24) is 5.32 Å². The number of rotatable bonds is 6. The number of hydrogen-bond donors (Lipinski definition) is 2. The Morgan fingerprint density at radius 2 is 1.95 bits per heavy atom. The van der Waals surface area contributed by atoms with E-state index >= 15 is 0 Å². The summed E-state index contributed by atoms with van der Waals surface area (Å²) in [5.74, 6) is -0.224. The highest BCUT2D eigenvalue weighted by atomic mass is 35.5. The maximum atomic E-state index is 13.6. The van der Waals surface area contributed by atoms with E-state index in [1.807, 2.05) is 6.07 Å². The van der Waals surface area contributed by atoms with Crippen LogP contribution in [0.4, 0.5) is 4.39 Å². The van der Waals surface area contributed by atoms with Gasteiger partial charge in [-0.1, -0.05) is 31.4 Å². The smallest absolute Gasteiger partial charge is 0.230 e. The molecule has 0 bridgehead atoms. The molecular weight excluding hydrogens is 303 g/mol. The molecule has 3 nitrogen and oxygen atoms in total. The predicted molar refractivity (Wildman–Crippen MR) is 89.7 cm³/mol. The van der Waals surface area contributed by atoms with E-state index in [0.717, 1.165) is 50.5 Å². The summed E-state index contributed by atoms with van der Waals surface area (Å²) in [5, 5.41) is 3.03. The van der Waals surface area contributed by atoms with Gasteiger partial charge in [-0.25, -0.2) is 4.39 Å². The van der Waals surface area contributed by atoms with Crippen molar-refractivity contribution in [3.8, 4) is 0 Å². The Bertz CT molecular complexity index is 475. The minimum atomic E-state index is -0.553. The first-order chi connectivity index (χ1) is 10.2. The van der Waals surface area contributed by atoms with Crippen LogP contribution >= 0.6 is 12.4 Å². The van der Waals surface area contributed by atoms with E-state index in [1.165, 1.54) is 12.1 Å². The minimum absolute atomic E-state index is 0. The molecule has 0 saturated heterocycles. The fraction of sp³-hybridized carbons (Fsp3) is 0.588. The Kier molecular flexibility index (Phi) is 7.83. The van der Waals surface area contributed by atoms with Crippen molar-refractivity contribution >= 4 is 18.3 Å². The molecule has 1 saturated carbocycles. The van der Waals surface area contributed by atoms with Crippen LogP contribution in [0.25, 0.3) is 0 Å². The molecule has 1 aromatic carbocycles. The summed E-state index contributed by atoms with van der Waals surface area (Å²) in [6, 6.07) is 6.53. The number of amides is 1. The molecule has 1 aliphatic rings. The van der Waals surface area contributed by atoms with Crippen molar-refractivity contribution in [1.29, 1.82) is 0 Å². The first-order valence-corrected chi connectivity index (χ1v) is 7.93. The van der Waals surface area contributed by atoms with Crippen LogP contribution in [-0.4, -0.2) is 19.0 Å². The fourth-order valence-electron chi connectivity index (χ4n) is 3.23. The van der Waals surface area contributed by atoms with E-state index in [0.29, 0.717) is 13.1 Å². The van der Waals surface area contributed by atoms with Gasteiger partial charge in [-0.3, -0.25) is 4.79 Å². The molecule has 3 N–H and O–H groups in total. The molecule has 1 amide bonds. The second-order valence-electron chi connectivity index (χ2n) is 5.90. The van der Waals surface area contributed by atoms with Crippen LogP contribution in [0.1, 0.15) is 50.5 Å². The molecule has 124 valence electrons. The third-order valence-corrected chi connectivity index (χ3v) is 4.44. The molecule has 0 radical (unpaired) electrons. The van der Waals surface area contributed by atoms with E-state index in [9.17, 15) is 9.18 Å². The summed E-state index contributed by atoms with van der Waals surface area (Å²) in [7, 11) is 0. The standard InChI is InChI=1S/C17H25FN2O.ClH/c18-15-8-6-7-14(13-15)17(9-2-1-3-10-17)16(21)20-12-5-4-11-19;/h6-8,13H,1-5,9-12,19H2,(H,20,21);1H. The number of benzene rings is 1. The first kappa shape index (κ1) is 18.9. The summed E-state index contributed by atoms with van der Waals surface area (Å²) in [6.07, 6.45) is 6.60. The third-order valence-electron chi connectivity index (χ3n) is 4.44. The van der Waals surface area contributed by atoms with Crippen LogP contribution in [0, 0.1) is 5.82 Å².